The van der Waals surface area contributed by atoms with Gasteiger partial charge < -0.3 is 19.7 Å². The van der Waals surface area contributed by atoms with Gasteiger partial charge in [0.05, 0.1) is 5.56 Å². The van der Waals surface area contributed by atoms with E-state index in [1.807, 2.05) is 9.80 Å². The van der Waals surface area contributed by atoms with Gasteiger partial charge in [-0.15, -0.1) is 0 Å². The highest BCUT2D eigenvalue weighted by Gasteiger charge is 2.39. The Hall–Kier alpha value is -2.31. The van der Waals surface area contributed by atoms with Gasteiger partial charge in [-0.3, -0.25) is 14.4 Å². The van der Waals surface area contributed by atoms with Gasteiger partial charge >= 0.3 is 0 Å². The van der Waals surface area contributed by atoms with Gasteiger partial charge in [-0.05, 0) is 31.7 Å². The van der Waals surface area contributed by atoms with Crippen molar-refractivity contribution in [1.82, 2.24) is 19.7 Å². The van der Waals surface area contributed by atoms with Gasteiger partial charge in [-0.2, -0.15) is 0 Å². The first kappa shape index (κ1) is 15.2. The van der Waals surface area contributed by atoms with E-state index in [0.717, 1.165) is 45.3 Å². The van der Waals surface area contributed by atoms with E-state index in [1.165, 1.54) is 0 Å². The largest absolute Gasteiger partial charge is 0.356 e. The van der Waals surface area contributed by atoms with Gasteiger partial charge in [-0.1, -0.05) is 0 Å². The molecule has 3 aliphatic rings. The molecule has 3 amide bonds. The first-order valence-electron chi connectivity index (χ1n) is 8.73. The molecule has 7 nitrogen and oxygen atoms in total. The standard InChI is InChI=1S/C17H22N4O3/c22-15-5-9-21(14-4-3-8-20(14)15)16(23)12-10-13(18-11-12)17(24)19-6-1-2-7-19/h10-11,14,18H,1-9H2/t14-/m0/s1. The van der Waals surface area contributed by atoms with Crippen molar-refractivity contribution in [2.75, 3.05) is 26.2 Å². The van der Waals surface area contributed by atoms with E-state index >= 15 is 0 Å². The Morgan fingerprint density at radius 1 is 1.04 bits per heavy atom. The lowest BCUT2D eigenvalue weighted by molar-refractivity contribution is -0.139. The Morgan fingerprint density at radius 2 is 1.83 bits per heavy atom. The number of H-pyrrole nitrogens is 1. The van der Waals surface area contributed by atoms with Crippen molar-refractivity contribution in [3.05, 3.63) is 23.5 Å². The Morgan fingerprint density at radius 3 is 2.62 bits per heavy atom. The molecule has 1 N–H and O–H groups in total. The van der Waals surface area contributed by atoms with Crippen LogP contribution >= 0.6 is 0 Å². The maximum Gasteiger partial charge on any atom is 0.270 e. The first-order valence-corrected chi connectivity index (χ1v) is 8.73. The lowest BCUT2D eigenvalue weighted by Crippen LogP contribution is -2.55. The summed E-state index contributed by atoms with van der Waals surface area (Å²) in [4.78, 5) is 45.6. The molecular formula is C17H22N4O3. The average molecular weight is 330 g/mol. The quantitative estimate of drug-likeness (QED) is 0.880. The van der Waals surface area contributed by atoms with Crippen LogP contribution in [0.5, 0.6) is 0 Å². The van der Waals surface area contributed by atoms with Crippen LogP contribution in [0.2, 0.25) is 0 Å². The fourth-order valence-electron chi connectivity index (χ4n) is 4.01. The minimum Gasteiger partial charge on any atom is -0.356 e. The fraction of sp³-hybridized carbons (Fsp3) is 0.588. The molecule has 0 radical (unpaired) electrons. The van der Waals surface area contributed by atoms with Gasteiger partial charge in [-0.25, -0.2) is 0 Å². The lowest BCUT2D eigenvalue weighted by Gasteiger charge is -2.39. The number of carbonyl (C=O) groups excluding carboxylic acids is 3. The molecule has 128 valence electrons. The van der Waals surface area contributed by atoms with E-state index in [1.54, 1.807) is 17.2 Å². The second-order valence-corrected chi connectivity index (χ2v) is 6.76. The summed E-state index contributed by atoms with van der Waals surface area (Å²) in [6, 6.07) is 1.65. The monoisotopic (exact) mass is 330 g/mol. The van der Waals surface area contributed by atoms with Crippen molar-refractivity contribution in [3.8, 4) is 0 Å². The summed E-state index contributed by atoms with van der Waals surface area (Å²) in [5.74, 6) is -0.000458. The fourth-order valence-corrected chi connectivity index (χ4v) is 4.01. The van der Waals surface area contributed by atoms with E-state index in [2.05, 4.69) is 4.98 Å². The van der Waals surface area contributed by atoms with Crippen LogP contribution in [0.4, 0.5) is 0 Å². The molecule has 3 aliphatic heterocycles. The lowest BCUT2D eigenvalue weighted by atomic mass is 10.1. The molecule has 1 aromatic heterocycles. The predicted molar refractivity (Wildman–Crippen MR) is 86.3 cm³/mol. The normalized spacial score (nSPS) is 23.8. The highest BCUT2D eigenvalue weighted by molar-refractivity contribution is 5.99. The van der Waals surface area contributed by atoms with Crippen LogP contribution in [-0.4, -0.2) is 69.8 Å². The van der Waals surface area contributed by atoms with Crippen LogP contribution in [0.1, 0.15) is 53.0 Å². The molecule has 7 heteroatoms. The maximum atomic E-state index is 12.8. The van der Waals surface area contributed by atoms with Crippen LogP contribution in [0.25, 0.3) is 0 Å². The molecule has 4 rings (SSSR count). The Kier molecular flexibility index (Phi) is 3.78. The summed E-state index contributed by atoms with van der Waals surface area (Å²) in [6.07, 6.45) is 5.72. The van der Waals surface area contributed by atoms with E-state index in [0.29, 0.717) is 24.2 Å². The number of hydrogen-bond donors (Lipinski definition) is 1. The Labute approximate surface area is 140 Å². The molecule has 0 spiro atoms. The van der Waals surface area contributed by atoms with Crippen molar-refractivity contribution in [1.29, 1.82) is 0 Å². The van der Waals surface area contributed by atoms with Gasteiger partial charge in [0.2, 0.25) is 5.91 Å². The zero-order valence-electron chi connectivity index (χ0n) is 13.7. The number of aromatic nitrogens is 1. The number of hydrogen-bond acceptors (Lipinski definition) is 3. The van der Waals surface area contributed by atoms with Crippen LogP contribution in [0.15, 0.2) is 12.3 Å². The third-order valence-electron chi connectivity index (χ3n) is 5.28. The highest BCUT2D eigenvalue weighted by atomic mass is 16.2. The zero-order valence-corrected chi connectivity index (χ0v) is 13.7. The van der Waals surface area contributed by atoms with Crippen molar-refractivity contribution < 1.29 is 14.4 Å². The molecule has 0 bridgehead atoms. The molecule has 3 fully saturated rings. The van der Waals surface area contributed by atoms with E-state index in [-0.39, 0.29) is 23.9 Å². The van der Waals surface area contributed by atoms with Gasteiger partial charge in [0, 0.05) is 38.8 Å². The van der Waals surface area contributed by atoms with Crippen LogP contribution in [0, 0.1) is 0 Å². The van der Waals surface area contributed by atoms with Crippen molar-refractivity contribution in [3.63, 3.8) is 0 Å². The minimum absolute atomic E-state index is 0.0390. The van der Waals surface area contributed by atoms with E-state index in [9.17, 15) is 14.4 Å². The maximum absolute atomic E-state index is 12.8. The van der Waals surface area contributed by atoms with Crippen molar-refractivity contribution in [2.24, 2.45) is 0 Å². The SMILES string of the molecule is O=C(c1cc(C(=O)N2CCC(=O)N3CCC[C@@H]32)c[nH]1)N1CCCC1. The number of rotatable bonds is 2. The molecule has 1 aromatic rings. The van der Waals surface area contributed by atoms with Crippen LogP contribution < -0.4 is 0 Å². The highest BCUT2D eigenvalue weighted by Crippen LogP contribution is 2.27. The number of nitrogens with one attached hydrogen (secondary N) is 1. The third-order valence-corrected chi connectivity index (χ3v) is 5.28. The number of fused-ring (bicyclic) bond motifs is 1. The van der Waals surface area contributed by atoms with Gasteiger partial charge in [0.15, 0.2) is 0 Å². The van der Waals surface area contributed by atoms with Crippen LogP contribution in [-0.2, 0) is 4.79 Å². The number of amides is 3. The molecule has 3 saturated heterocycles. The smallest absolute Gasteiger partial charge is 0.270 e. The summed E-state index contributed by atoms with van der Waals surface area (Å²) in [5, 5.41) is 0. The van der Waals surface area contributed by atoms with E-state index in [4.69, 9.17) is 0 Å². The van der Waals surface area contributed by atoms with Crippen molar-refractivity contribution in [2.45, 2.75) is 38.3 Å². The third kappa shape index (κ3) is 2.48. The molecule has 24 heavy (non-hydrogen) atoms. The summed E-state index contributed by atoms with van der Waals surface area (Å²) >= 11 is 0. The molecule has 0 saturated carbocycles. The van der Waals surface area contributed by atoms with Crippen LogP contribution in [0.3, 0.4) is 0 Å². The summed E-state index contributed by atoms with van der Waals surface area (Å²) < 4.78 is 0. The molecule has 0 aromatic carbocycles. The molecule has 0 unspecified atom stereocenters. The number of nitrogens with zero attached hydrogens (tertiary/aromatic N) is 3. The molecular weight excluding hydrogens is 308 g/mol. The number of carbonyl (C=O) groups is 3. The second kappa shape index (κ2) is 5.96. The van der Waals surface area contributed by atoms with Gasteiger partial charge in [0.25, 0.3) is 11.8 Å². The van der Waals surface area contributed by atoms with Crippen molar-refractivity contribution >= 4 is 17.7 Å². The number of aromatic amines is 1. The summed E-state index contributed by atoms with van der Waals surface area (Å²) in [5.41, 5.74) is 0.968. The molecule has 0 aliphatic carbocycles. The topological polar surface area (TPSA) is 76.7 Å². The minimum atomic E-state index is -0.119. The average Bonchev–Trinajstić information content (AvgIpc) is 3.34. The Bertz CT molecular complexity index is 677. The Balaban J connectivity index is 1.50. The molecule has 1 atom stereocenters. The number of likely N-dealkylation sites (tertiary alicyclic amines) is 1. The summed E-state index contributed by atoms with van der Waals surface area (Å²) in [7, 11) is 0. The second-order valence-electron chi connectivity index (χ2n) is 6.76. The summed E-state index contributed by atoms with van der Waals surface area (Å²) in [6.45, 7) is 2.76. The predicted octanol–water partition coefficient (Wildman–Crippen LogP) is 1.05. The zero-order chi connectivity index (χ0) is 16.7. The first-order chi connectivity index (χ1) is 11.6. The molecule has 4 heterocycles. The van der Waals surface area contributed by atoms with E-state index < -0.39 is 0 Å². The van der Waals surface area contributed by atoms with Gasteiger partial charge in [0.1, 0.15) is 11.9 Å².